The Bertz CT molecular complexity index is 987. The van der Waals surface area contributed by atoms with Gasteiger partial charge in [0.1, 0.15) is 5.75 Å². The van der Waals surface area contributed by atoms with Crippen LogP contribution in [0.25, 0.3) is 0 Å². The molecular formula is C21H22ClN3O5. The number of piperidine rings is 1. The fourth-order valence-electron chi connectivity index (χ4n) is 3.55. The lowest BCUT2D eigenvalue weighted by molar-refractivity contribution is -0.385. The molecule has 2 aromatic carbocycles. The molecule has 2 aromatic rings. The number of nitrogens with zero attached hydrogens (tertiary/aromatic N) is 2. The molecule has 1 saturated heterocycles. The van der Waals surface area contributed by atoms with Crippen LogP contribution in [0.2, 0.25) is 5.02 Å². The second-order valence-electron chi connectivity index (χ2n) is 7.11. The molecule has 1 N–H and O–H groups in total. The molecule has 2 amide bonds. The first-order chi connectivity index (χ1) is 14.3. The summed E-state index contributed by atoms with van der Waals surface area (Å²) in [6.07, 6.45) is 0.989. The zero-order valence-corrected chi connectivity index (χ0v) is 17.4. The Morgan fingerprint density at radius 1 is 1.23 bits per heavy atom. The van der Waals surface area contributed by atoms with Gasteiger partial charge >= 0.3 is 0 Å². The summed E-state index contributed by atoms with van der Waals surface area (Å²) in [5.74, 6) is -0.229. The van der Waals surface area contributed by atoms with Crippen LogP contribution in [0.1, 0.15) is 28.8 Å². The van der Waals surface area contributed by atoms with Crippen LogP contribution in [-0.4, -0.2) is 41.8 Å². The summed E-state index contributed by atoms with van der Waals surface area (Å²) >= 11 is 6.02. The second kappa shape index (κ2) is 9.13. The fraction of sp³-hybridized carbons (Fsp3) is 0.333. The molecular weight excluding hydrogens is 410 g/mol. The van der Waals surface area contributed by atoms with Gasteiger partial charge in [-0.15, -0.1) is 0 Å². The van der Waals surface area contributed by atoms with E-state index >= 15 is 0 Å². The summed E-state index contributed by atoms with van der Waals surface area (Å²) < 4.78 is 5.26. The van der Waals surface area contributed by atoms with Gasteiger partial charge in [0.05, 0.1) is 28.8 Å². The summed E-state index contributed by atoms with van der Waals surface area (Å²) in [6, 6.07) is 9.47. The number of likely N-dealkylation sites (tertiary alicyclic amines) is 1. The highest BCUT2D eigenvalue weighted by Gasteiger charge is 2.29. The van der Waals surface area contributed by atoms with Crippen molar-refractivity contribution in [3.05, 3.63) is 62.7 Å². The number of nitro benzene ring substituents is 1. The first kappa shape index (κ1) is 21.6. The van der Waals surface area contributed by atoms with Crippen LogP contribution in [0.15, 0.2) is 36.4 Å². The lowest BCUT2D eigenvalue weighted by atomic mass is 9.95. The van der Waals surface area contributed by atoms with Gasteiger partial charge in [0, 0.05) is 30.1 Å². The van der Waals surface area contributed by atoms with Gasteiger partial charge in [0.25, 0.3) is 11.6 Å². The smallest absolute Gasteiger partial charge is 0.274 e. The third-order valence-electron chi connectivity index (χ3n) is 5.30. The largest absolute Gasteiger partial charge is 0.496 e. The molecule has 0 bridgehead atoms. The molecule has 30 heavy (non-hydrogen) atoms. The SMILES string of the molecule is COc1ccc(Cl)cc1C(=O)N1CCC(C(=O)Nc2cccc([N+](=O)[O-])c2C)CC1. The van der Waals surface area contributed by atoms with E-state index in [1.54, 1.807) is 42.2 Å². The maximum absolute atomic E-state index is 12.9. The van der Waals surface area contributed by atoms with Crippen LogP contribution in [0.4, 0.5) is 11.4 Å². The summed E-state index contributed by atoms with van der Waals surface area (Å²) in [4.78, 5) is 37.8. The van der Waals surface area contributed by atoms with E-state index in [0.29, 0.717) is 53.5 Å². The molecule has 0 atom stereocenters. The van der Waals surface area contributed by atoms with Crippen molar-refractivity contribution in [3.63, 3.8) is 0 Å². The maximum Gasteiger partial charge on any atom is 0.274 e. The molecule has 1 fully saturated rings. The molecule has 0 radical (unpaired) electrons. The van der Waals surface area contributed by atoms with Crippen LogP contribution >= 0.6 is 11.6 Å². The Hall–Kier alpha value is -3.13. The Balaban J connectivity index is 1.64. The number of amides is 2. The van der Waals surface area contributed by atoms with Gasteiger partial charge in [-0.25, -0.2) is 0 Å². The van der Waals surface area contributed by atoms with Crippen molar-refractivity contribution in [1.82, 2.24) is 4.90 Å². The zero-order chi connectivity index (χ0) is 21.8. The number of methoxy groups -OCH3 is 1. The van der Waals surface area contributed by atoms with Crippen LogP contribution in [-0.2, 0) is 4.79 Å². The summed E-state index contributed by atoms with van der Waals surface area (Å²) in [5.41, 5.74) is 1.19. The van der Waals surface area contributed by atoms with E-state index in [0.717, 1.165) is 0 Å². The Morgan fingerprint density at radius 2 is 1.93 bits per heavy atom. The third kappa shape index (κ3) is 4.54. The van der Waals surface area contributed by atoms with Crippen molar-refractivity contribution >= 4 is 34.8 Å². The number of carbonyl (C=O) groups excluding carboxylic acids is 2. The number of ether oxygens (including phenoxy) is 1. The Morgan fingerprint density at radius 3 is 2.57 bits per heavy atom. The minimum atomic E-state index is -0.473. The van der Waals surface area contributed by atoms with E-state index in [-0.39, 0.29) is 23.4 Å². The molecule has 0 unspecified atom stereocenters. The van der Waals surface area contributed by atoms with Crippen molar-refractivity contribution in [2.75, 3.05) is 25.5 Å². The summed E-state index contributed by atoms with van der Waals surface area (Å²) in [5, 5.41) is 14.3. The highest BCUT2D eigenvalue weighted by atomic mass is 35.5. The number of carbonyl (C=O) groups is 2. The zero-order valence-electron chi connectivity index (χ0n) is 16.7. The highest BCUT2D eigenvalue weighted by Crippen LogP contribution is 2.29. The average Bonchev–Trinajstić information content (AvgIpc) is 2.74. The number of anilines is 1. The monoisotopic (exact) mass is 431 g/mol. The molecule has 0 saturated carbocycles. The third-order valence-corrected chi connectivity index (χ3v) is 5.54. The minimum absolute atomic E-state index is 0.0383. The van der Waals surface area contributed by atoms with Crippen LogP contribution in [0, 0.1) is 23.0 Å². The van der Waals surface area contributed by atoms with Crippen LogP contribution in [0.3, 0.4) is 0 Å². The summed E-state index contributed by atoms with van der Waals surface area (Å²) in [6.45, 7) is 2.44. The highest BCUT2D eigenvalue weighted by molar-refractivity contribution is 6.31. The number of rotatable bonds is 5. The normalized spacial score (nSPS) is 14.3. The van der Waals surface area contributed by atoms with Crippen LogP contribution < -0.4 is 10.1 Å². The van der Waals surface area contributed by atoms with Gasteiger partial charge in [-0.1, -0.05) is 17.7 Å². The van der Waals surface area contributed by atoms with Crippen LogP contribution in [0.5, 0.6) is 5.75 Å². The molecule has 3 rings (SSSR count). The predicted octanol–water partition coefficient (Wildman–Crippen LogP) is 4.06. The number of nitrogens with one attached hydrogen (secondary N) is 1. The lowest BCUT2D eigenvalue weighted by Crippen LogP contribution is -2.41. The van der Waals surface area contributed by atoms with Crippen molar-refractivity contribution in [2.24, 2.45) is 5.92 Å². The molecule has 0 aliphatic carbocycles. The number of benzene rings is 2. The van der Waals surface area contributed by atoms with Gasteiger partial charge in [0.15, 0.2) is 0 Å². The van der Waals surface area contributed by atoms with Gasteiger partial charge in [-0.3, -0.25) is 19.7 Å². The van der Waals surface area contributed by atoms with Crippen molar-refractivity contribution in [2.45, 2.75) is 19.8 Å². The maximum atomic E-state index is 12.9. The molecule has 158 valence electrons. The first-order valence-electron chi connectivity index (χ1n) is 9.49. The first-order valence-corrected chi connectivity index (χ1v) is 9.87. The Kier molecular flexibility index (Phi) is 6.56. The average molecular weight is 432 g/mol. The van der Waals surface area contributed by atoms with E-state index in [9.17, 15) is 19.7 Å². The number of hydrogen-bond donors (Lipinski definition) is 1. The molecule has 8 nitrogen and oxygen atoms in total. The molecule has 1 heterocycles. The topological polar surface area (TPSA) is 102 Å². The quantitative estimate of drug-likeness (QED) is 0.568. The van der Waals surface area contributed by atoms with Crippen molar-refractivity contribution < 1.29 is 19.2 Å². The van der Waals surface area contributed by atoms with E-state index in [4.69, 9.17) is 16.3 Å². The number of halogens is 1. The molecule has 0 spiro atoms. The molecule has 9 heteroatoms. The van der Waals surface area contributed by atoms with E-state index < -0.39 is 4.92 Å². The van der Waals surface area contributed by atoms with E-state index in [2.05, 4.69) is 5.32 Å². The van der Waals surface area contributed by atoms with Crippen molar-refractivity contribution in [1.29, 1.82) is 0 Å². The van der Waals surface area contributed by atoms with E-state index in [1.807, 2.05) is 0 Å². The van der Waals surface area contributed by atoms with E-state index in [1.165, 1.54) is 13.2 Å². The van der Waals surface area contributed by atoms with Gasteiger partial charge in [0.2, 0.25) is 5.91 Å². The standard InChI is InChI=1S/C21H22ClN3O5/c1-13-17(4-3-5-18(13)25(28)29)23-20(26)14-8-10-24(11-9-14)21(27)16-12-15(22)6-7-19(16)30-2/h3-7,12,14H,8-11H2,1-2H3,(H,23,26). The van der Waals surface area contributed by atoms with Gasteiger partial charge in [-0.2, -0.15) is 0 Å². The van der Waals surface area contributed by atoms with Gasteiger partial charge in [-0.05, 0) is 44.0 Å². The molecule has 0 aromatic heterocycles. The minimum Gasteiger partial charge on any atom is -0.496 e. The molecule has 1 aliphatic rings. The second-order valence-corrected chi connectivity index (χ2v) is 7.54. The number of hydrogen-bond acceptors (Lipinski definition) is 5. The number of nitro groups is 1. The van der Waals surface area contributed by atoms with Crippen molar-refractivity contribution in [3.8, 4) is 5.75 Å². The lowest BCUT2D eigenvalue weighted by Gasteiger charge is -2.31. The fourth-order valence-corrected chi connectivity index (χ4v) is 3.73. The molecule has 1 aliphatic heterocycles. The Labute approximate surface area is 178 Å². The van der Waals surface area contributed by atoms with Gasteiger partial charge < -0.3 is 15.0 Å². The summed E-state index contributed by atoms with van der Waals surface area (Å²) in [7, 11) is 1.49. The predicted molar refractivity (Wildman–Crippen MR) is 113 cm³/mol.